The van der Waals surface area contributed by atoms with E-state index >= 15 is 0 Å². The molecule has 0 bridgehead atoms. The highest BCUT2D eigenvalue weighted by Crippen LogP contribution is 2.13. The number of nitrogens with one attached hydrogen (secondary N) is 1. The average Bonchev–Trinajstić information content (AvgIpc) is 2.15. The zero-order valence-electron chi connectivity index (χ0n) is 7.08. The Kier molecular flexibility index (Phi) is 3.33. The lowest BCUT2D eigenvalue weighted by Gasteiger charge is -2.07. The van der Waals surface area contributed by atoms with E-state index in [-0.39, 0.29) is 11.3 Å². The van der Waals surface area contributed by atoms with Crippen LogP contribution in [0.2, 0.25) is 0 Å². The van der Waals surface area contributed by atoms with Gasteiger partial charge in [-0.15, -0.1) is 0 Å². The molecule has 0 fully saturated rings. The average molecular weight is 202 g/mol. The predicted octanol–water partition coefficient (Wildman–Crippen LogP) is 1.46. The largest absolute Gasteiger partial charge is 0.478 e. The maximum atomic E-state index is 11.8. The number of hydrogen-bond acceptors (Lipinski definition) is 3. The molecular formula is C8H8F2N2O2. The quantitative estimate of drug-likeness (QED) is 0.775. The standard InChI is InChI=1S/C8H8F2N2O2/c9-7(10)4-12-6-3-11-2-1-5(6)8(13)14/h1-3,7,12H,4H2,(H,13,14). The van der Waals surface area contributed by atoms with Gasteiger partial charge in [-0.1, -0.05) is 0 Å². The second-order valence-electron chi connectivity index (χ2n) is 2.50. The molecule has 0 aliphatic rings. The van der Waals surface area contributed by atoms with Crippen molar-refractivity contribution in [1.29, 1.82) is 0 Å². The van der Waals surface area contributed by atoms with Crippen molar-refractivity contribution in [1.82, 2.24) is 4.98 Å². The third-order valence-electron chi connectivity index (χ3n) is 1.50. The molecule has 0 saturated heterocycles. The number of carboxylic acids is 1. The van der Waals surface area contributed by atoms with Gasteiger partial charge in [0.15, 0.2) is 0 Å². The number of carbonyl (C=O) groups is 1. The van der Waals surface area contributed by atoms with Crippen LogP contribution in [0.4, 0.5) is 14.5 Å². The molecule has 76 valence electrons. The number of pyridine rings is 1. The van der Waals surface area contributed by atoms with E-state index in [0.29, 0.717) is 0 Å². The number of halogens is 2. The third kappa shape index (κ3) is 2.65. The van der Waals surface area contributed by atoms with Crippen LogP contribution in [0.25, 0.3) is 0 Å². The number of aromatic carboxylic acids is 1. The van der Waals surface area contributed by atoms with Crippen LogP contribution in [0.1, 0.15) is 10.4 Å². The fourth-order valence-electron chi connectivity index (χ4n) is 0.909. The summed E-state index contributed by atoms with van der Waals surface area (Å²) in [6, 6.07) is 1.25. The summed E-state index contributed by atoms with van der Waals surface area (Å²) in [7, 11) is 0. The van der Waals surface area contributed by atoms with Crippen molar-refractivity contribution in [3.63, 3.8) is 0 Å². The number of nitrogens with zero attached hydrogens (tertiary/aromatic N) is 1. The summed E-state index contributed by atoms with van der Waals surface area (Å²) >= 11 is 0. The Hall–Kier alpha value is -1.72. The SMILES string of the molecule is O=C(O)c1ccncc1NCC(F)F. The van der Waals surface area contributed by atoms with Crippen LogP contribution < -0.4 is 5.32 Å². The first-order chi connectivity index (χ1) is 6.61. The molecule has 0 aromatic carbocycles. The highest BCUT2D eigenvalue weighted by Gasteiger charge is 2.10. The van der Waals surface area contributed by atoms with E-state index in [1.54, 1.807) is 0 Å². The molecule has 0 spiro atoms. The molecule has 1 aromatic heterocycles. The summed E-state index contributed by atoms with van der Waals surface area (Å²) in [4.78, 5) is 14.2. The van der Waals surface area contributed by atoms with Gasteiger partial charge in [0.2, 0.25) is 0 Å². The van der Waals surface area contributed by atoms with Crippen LogP contribution in [0.3, 0.4) is 0 Å². The highest BCUT2D eigenvalue weighted by molar-refractivity contribution is 5.93. The van der Waals surface area contributed by atoms with Crippen molar-refractivity contribution in [3.05, 3.63) is 24.0 Å². The Labute approximate surface area is 78.6 Å². The van der Waals surface area contributed by atoms with E-state index in [0.717, 1.165) is 0 Å². The molecule has 0 amide bonds. The minimum Gasteiger partial charge on any atom is -0.478 e. The van der Waals surface area contributed by atoms with Gasteiger partial charge in [0.25, 0.3) is 6.43 Å². The lowest BCUT2D eigenvalue weighted by Crippen LogP contribution is -2.13. The van der Waals surface area contributed by atoms with Gasteiger partial charge in [-0.2, -0.15) is 0 Å². The smallest absolute Gasteiger partial charge is 0.337 e. The zero-order chi connectivity index (χ0) is 10.6. The maximum absolute atomic E-state index is 11.8. The fourth-order valence-corrected chi connectivity index (χ4v) is 0.909. The Morgan fingerprint density at radius 2 is 2.36 bits per heavy atom. The molecule has 14 heavy (non-hydrogen) atoms. The molecule has 2 N–H and O–H groups in total. The summed E-state index contributed by atoms with van der Waals surface area (Å²) in [5, 5.41) is 11.0. The van der Waals surface area contributed by atoms with E-state index in [2.05, 4.69) is 10.3 Å². The molecule has 6 heteroatoms. The van der Waals surface area contributed by atoms with E-state index in [4.69, 9.17) is 5.11 Å². The molecule has 0 radical (unpaired) electrons. The Bertz CT molecular complexity index is 331. The van der Waals surface area contributed by atoms with Crippen molar-refractivity contribution in [3.8, 4) is 0 Å². The van der Waals surface area contributed by atoms with Crippen molar-refractivity contribution in [2.45, 2.75) is 6.43 Å². The van der Waals surface area contributed by atoms with Crippen LogP contribution in [0.15, 0.2) is 18.5 Å². The topological polar surface area (TPSA) is 62.2 Å². The minimum atomic E-state index is -2.53. The first-order valence-electron chi connectivity index (χ1n) is 3.80. The summed E-state index contributed by atoms with van der Waals surface area (Å²) in [6.45, 7) is -0.591. The van der Waals surface area contributed by atoms with Crippen LogP contribution >= 0.6 is 0 Å². The fraction of sp³-hybridized carbons (Fsp3) is 0.250. The first-order valence-corrected chi connectivity index (χ1v) is 3.80. The van der Waals surface area contributed by atoms with Crippen LogP contribution in [0, 0.1) is 0 Å². The molecule has 0 atom stereocenters. The summed E-state index contributed by atoms with van der Waals surface area (Å²) in [5.41, 5.74) is 0.0287. The summed E-state index contributed by atoms with van der Waals surface area (Å²) in [6.07, 6.45) is -0.0418. The Balaban J connectivity index is 2.79. The van der Waals surface area contributed by atoms with Crippen molar-refractivity contribution < 1.29 is 18.7 Å². The summed E-state index contributed by atoms with van der Waals surface area (Å²) in [5.74, 6) is -1.18. The zero-order valence-corrected chi connectivity index (χ0v) is 7.08. The number of alkyl halides is 2. The number of carboxylic acid groups (broad SMARTS) is 1. The lowest BCUT2D eigenvalue weighted by atomic mass is 10.2. The maximum Gasteiger partial charge on any atom is 0.337 e. The highest BCUT2D eigenvalue weighted by atomic mass is 19.3. The number of anilines is 1. The van der Waals surface area contributed by atoms with E-state index < -0.39 is 18.9 Å². The van der Waals surface area contributed by atoms with Gasteiger partial charge in [-0.3, -0.25) is 4.98 Å². The number of aromatic nitrogens is 1. The summed E-state index contributed by atoms with van der Waals surface area (Å²) < 4.78 is 23.6. The van der Waals surface area contributed by atoms with Gasteiger partial charge in [0, 0.05) is 6.20 Å². The van der Waals surface area contributed by atoms with Gasteiger partial charge in [0.1, 0.15) is 0 Å². The molecular weight excluding hydrogens is 194 g/mol. The van der Waals surface area contributed by atoms with Crippen molar-refractivity contribution in [2.24, 2.45) is 0 Å². The second-order valence-corrected chi connectivity index (χ2v) is 2.50. The minimum absolute atomic E-state index is 0.0688. The van der Waals surface area contributed by atoms with Crippen LogP contribution in [0.5, 0.6) is 0 Å². The number of hydrogen-bond donors (Lipinski definition) is 2. The van der Waals surface area contributed by atoms with Crippen LogP contribution in [-0.4, -0.2) is 29.0 Å². The van der Waals surface area contributed by atoms with Gasteiger partial charge in [-0.05, 0) is 6.07 Å². The monoisotopic (exact) mass is 202 g/mol. The molecule has 0 saturated carbocycles. The predicted molar refractivity (Wildman–Crippen MR) is 45.7 cm³/mol. The normalized spacial score (nSPS) is 10.2. The molecule has 0 aliphatic heterocycles. The van der Waals surface area contributed by atoms with E-state index in [1.165, 1.54) is 18.5 Å². The molecule has 0 aliphatic carbocycles. The molecule has 0 unspecified atom stereocenters. The molecule has 4 nitrogen and oxygen atoms in total. The second kappa shape index (κ2) is 4.50. The van der Waals surface area contributed by atoms with Gasteiger partial charge in [-0.25, -0.2) is 13.6 Å². The Morgan fingerprint density at radius 3 is 2.93 bits per heavy atom. The van der Waals surface area contributed by atoms with Crippen molar-refractivity contribution in [2.75, 3.05) is 11.9 Å². The van der Waals surface area contributed by atoms with Gasteiger partial charge in [0.05, 0.1) is 24.0 Å². The van der Waals surface area contributed by atoms with Crippen molar-refractivity contribution >= 4 is 11.7 Å². The number of rotatable bonds is 4. The Morgan fingerprint density at radius 1 is 1.64 bits per heavy atom. The van der Waals surface area contributed by atoms with Gasteiger partial charge < -0.3 is 10.4 Å². The van der Waals surface area contributed by atoms with Gasteiger partial charge >= 0.3 is 5.97 Å². The lowest BCUT2D eigenvalue weighted by molar-refractivity contribution is 0.0697. The molecule has 1 aromatic rings. The first kappa shape index (κ1) is 10.4. The van der Waals surface area contributed by atoms with E-state index in [9.17, 15) is 13.6 Å². The third-order valence-corrected chi connectivity index (χ3v) is 1.50. The molecule has 1 heterocycles. The van der Waals surface area contributed by atoms with Crippen LogP contribution in [-0.2, 0) is 0 Å². The molecule has 1 rings (SSSR count). The van der Waals surface area contributed by atoms with E-state index in [1.807, 2.05) is 0 Å².